The largest absolute Gasteiger partial charge is 0.379 e. The summed E-state index contributed by atoms with van der Waals surface area (Å²) in [6.07, 6.45) is 3.17. The molecule has 2 saturated heterocycles. The minimum absolute atomic E-state index is 0.0450. The number of hydrogen-bond donors (Lipinski definition) is 2. The third kappa shape index (κ3) is 6.94. The second-order valence-electron chi connectivity index (χ2n) is 9.11. The first-order valence-electron chi connectivity index (χ1n) is 11.7. The predicted octanol–water partition coefficient (Wildman–Crippen LogP) is 2.97. The Labute approximate surface area is 186 Å². The maximum Gasteiger partial charge on any atom is 0.253 e. The van der Waals surface area contributed by atoms with Crippen molar-refractivity contribution in [2.24, 2.45) is 11.8 Å². The third-order valence-corrected chi connectivity index (χ3v) is 6.20. The van der Waals surface area contributed by atoms with Gasteiger partial charge in [0.05, 0.1) is 18.8 Å². The van der Waals surface area contributed by atoms with E-state index in [4.69, 9.17) is 4.74 Å². The van der Waals surface area contributed by atoms with Crippen molar-refractivity contribution in [2.45, 2.75) is 40.0 Å². The molecule has 0 aliphatic carbocycles. The van der Waals surface area contributed by atoms with Crippen molar-refractivity contribution < 1.29 is 14.3 Å². The molecule has 7 nitrogen and oxygen atoms in total. The highest BCUT2D eigenvalue weighted by Gasteiger charge is 2.22. The number of piperidine rings is 1. The van der Waals surface area contributed by atoms with Crippen LogP contribution in [0.5, 0.6) is 0 Å². The normalized spacial score (nSPS) is 18.3. The van der Waals surface area contributed by atoms with E-state index in [0.29, 0.717) is 17.8 Å². The van der Waals surface area contributed by atoms with Crippen LogP contribution in [0.2, 0.25) is 0 Å². The van der Waals surface area contributed by atoms with Crippen molar-refractivity contribution in [2.75, 3.05) is 62.7 Å². The topological polar surface area (TPSA) is 73.9 Å². The van der Waals surface area contributed by atoms with Crippen LogP contribution in [0.1, 0.15) is 50.4 Å². The molecule has 2 fully saturated rings. The number of morpholine rings is 1. The van der Waals surface area contributed by atoms with Gasteiger partial charge in [-0.05, 0) is 49.9 Å². The van der Waals surface area contributed by atoms with Crippen LogP contribution in [-0.4, -0.2) is 69.2 Å². The smallest absolute Gasteiger partial charge is 0.253 e. The van der Waals surface area contributed by atoms with Crippen LogP contribution in [-0.2, 0) is 9.53 Å². The van der Waals surface area contributed by atoms with Crippen molar-refractivity contribution in [3.8, 4) is 0 Å². The molecule has 0 unspecified atom stereocenters. The summed E-state index contributed by atoms with van der Waals surface area (Å²) in [5.74, 6) is 0.492. The maximum absolute atomic E-state index is 13.1. The first kappa shape index (κ1) is 23.5. The monoisotopic (exact) mass is 430 g/mol. The second kappa shape index (κ2) is 11.5. The molecule has 31 heavy (non-hydrogen) atoms. The molecule has 3 rings (SSSR count). The Bertz CT molecular complexity index is 738. The number of hydrogen-bond acceptors (Lipinski definition) is 5. The SMILES string of the molecule is CC1CCN(c2ccc(NC(=O)C(C)C)cc2C(=O)NCCCN2CCOCC2)CC1. The van der Waals surface area contributed by atoms with Gasteiger partial charge in [-0.2, -0.15) is 0 Å². The van der Waals surface area contributed by atoms with E-state index >= 15 is 0 Å². The number of anilines is 2. The maximum atomic E-state index is 13.1. The van der Waals surface area contributed by atoms with Gasteiger partial charge in [0.15, 0.2) is 0 Å². The van der Waals surface area contributed by atoms with Crippen LogP contribution >= 0.6 is 0 Å². The first-order chi connectivity index (χ1) is 14.9. The Morgan fingerprint density at radius 1 is 1.13 bits per heavy atom. The first-order valence-corrected chi connectivity index (χ1v) is 11.7. The van der Waals surface area contributed by atoms with Gasteiger partial charge in [-0.15, -0.1) is 0 Å². The van der Waals surface area contributed by atoms with E-state index in [9.17, 15) is 9.59 Å². The van der Waals surface area contributed by atoms with E-state index in [-0.39, 0.29) is 17.7 Å². The summed E-state index contributed by atoms with van der Waals surface area (Å²) in [4.78, 5) is 29.9. The van der Waals surface area contributed by atoms with E-state index in [2.05, 4.69) is 27.4 Å². The molecule has 2 N–H and O–H groups in total. The zero-order valence-electron chi connectivity index (χ0n) is 19.3. The Kier molecular flexibility index (Phi) is 8.72. The van der Waals surface area contributed by atoms with Crippen molar-refractivity contribution in [1.82, 2.24) is 10.2 Å². The minimum atomic E-state index is -0.110. The zero-order valence-corrected chi connectivity index (χ0v) is 19.3. The van der Waals surface area contributed by atoms with Crippen LogP contribution in [0.3, 0.4) is 0 Å². The number of carbonyl (C=O) groups excluding carboxylic acids is 2. The fourth-order valence-corrected chi connectivity index (χ4v) is 4.03. The van der Waals surface area contributed by atoms with Gasteiger partial charge in [0.2, 0.25) is 5.91 Å². The molecule has 7 heteroatoms. The fourth-order valence-electron chi connectivity index (χ4n) is 4.03. The highest BCUT2D eigenvalue weighted by Crippen LogP contribution is 2.29. The van der Waals surface area contributed by atoms with Gasteiger partial charge in [0, 0.05) is 50.0 Å². The lowest BCUT2D eigenvalue weighted by Gasteiger charge is -2.33. The molecule has 0 bridgehead atoms. The number of nitrogens with zero attached hydrogens (tertiary/aromatic N) is 2. The van der Waals surface area contributed by atoms with Gasteiger partial charge < -0.3 is 20.3 Å². The van der Waals surface area contributed by atoms with Crippen LogP contribution in [0, 0.1) is 11.8 Å². The highest BCUT2D eigenvalue weighted by molar-refractivity contribution is 6.02. The molecule has 0 aromatic heterocycles. The molecule has 1 aromatic carbocycles. The van der Waals surface area contributed by atoms with Crippen LogP contribution < -0.4 is 15.5 Å². The fraction of sp³-hybridized carbons (Fsp3) is 0.667. The van der Waals surface area contributed by atoms with E-state index in [0.717, 1.165) is 76.8 Å². The summed E-state index contributed by atoms with van der Waals surface area (Å²) in [7, 11) is 0. The molecule has 0 atom stereocenters. The van der Waals surface area contributed by atoms with Gasteiger partial charge in [0.1, 0.15) is 0 Å². The summed E-state index contributed by atoms with van der Waals surface area (Å²) in [5, 5.41) is 6.02. The van der Waals surface area contributed by atoms with Crippen LogP contribution in [0.15, 0.2) is 18.2 Å². The van der Waals surface area contributed by atoms with Gasteiger partial charge in [-0.25, -0.2) is 0 Å². The molecule has 2 aliphatic rings. The lowest BCUT2D eigenvalue weighted by Crippen LogP contribution is -2.38. The van der Waals surface area contributed by atoms with Crippen LogP contribution in [0.4, 0.5) is 11.4 Å². The summed E-state index contributed by atoms with van der Waals surface area (Å²) >= 11 is 0. The lowest BCUT2D eigenvalue weighted by molar-refractivity contribution is -0.118. The average Bonchev–Trinajstić information content (AvgIpc) is 2.78. The average molecular weight is 431 g/mol. The molecular formula is C24H38N4O3. The summed E-state index contributed by atoms with van der Waals surface area (Å²) in [6, 6.07) is 5.71. The molecule has 2 heterocycles. The van der Waals surface area contributed by atoms with Crippen molar-refractivity contribution in [3.63, 3.8) is 0 Å². The molecule has 172 valence electrons. The Hall–Kier alpha value is -2.12. The number of rotatable bonds is 8. The van der Waals surface area contributed by atoms with Crippen molar-refractivity contribution in [3.05, 3.63) is 23.8 Å². The summed E-state index contributed by atoms with van der Waals surface area (Å²) in [5.41, 5.74) is 2.27. The molecule has 0 spiro atoms. The summed E-state index contributed by atoms with van der Waals surface area (Å²) in [6.45, 7) is 13.0. The Morgan fingerprint density at radius 2 is 1.84 bits per heavy atom. The van der Waals surface area contributed by atoms with Crippen LogP contribution in [0.25, 0.3) is 0 Å². The predicted molar refractivity (Wildman–Crippen MR) is 125 cm³/mol. The Morgan fingerprint density at radius 3 is 2.52 bits per heavy atom. The third-order valence-electron chi connectivity index (χ3n) is 6.20. The molecule has 1 aromatic rings. The van der Waals surface area contributed by atoms with Gasteiger partial charge in [0.25, 0.3) is 5.91 Å². The quantitative estimate of drug-likeness (QED) is 0.621. The van der Waals surface area contributed by atoms with E-state index in [1.54, 1.807) is 0 Å². The van der Waals surface area contributed by atoms with Crippen molar-refractivity contribution in [1.29, 1.82) is 0 Å². The minimum Gasteiger partial charge on any atom is -0.379 e. The van der Waals surface area contributed by atoms with E-state index < -0.39 is 0 Å². The molecule has 2 amide bonds. The zero-order chi connectivity index (χ0) is 22.2. The number of benzene rings is 1. The van der Waals surface area contributed by atoms with Gasteiger partial charge in [-0.1, -0.05) is 20.8 Å². The molecule has 0 saturated carbocycles. The number of nitrogens with one attached hydrogen (secondary N) is 2. The van der Waals surface area contributed by atoms with Gasteiger partial charge in [-0.3, -0.25) is 14.5 Å². The number of ether oxygens (including phenoxy) is 1. The van der Waals surface area contributed by atoms with E-state index in [1.165, 1.54) is 0 Å². The standard InChI is InChI=1S/C24H38N4O3/c1-18(2)23(29)26-20-5-6-22(28-11-7-19(3)8-12-28)21(17-20)24(30)25-9-4-10-27-13-15-31-16-14-27/h5-6,17-19H,4,7-16H2,1-3H3,(H,25,30)(H,26,29). The Balaban J connectivity index is 1.66. The number of amides is 2. The highest BCUT2D eigenvalue weighted by atomic mass is 16.5. The lowest BCUT2D eigenvalue weighted by atomic mass is 9.97. The van der Waals surface area contributed by atoms with E-state index in [1.807, 2.05) is 32.0 Å². The van der Waals surface area contributed by atoms with Crippen molar-refractivity contribution >= 4 is 23.2 Å². The molecular weight excluding hydrogens is 392 g/mol. The second-order valence-corrected chi connectivity index (χ2v) is 9.11. The number of carbonyl (C=O) groups is 2. The molecule has 2 aliphatic heterocycles. The van der Waals surface area contributed by atoms with Gasteiger partial charge >= 0.3 is 0 Å². The molecule has 0 radical (unpaired) electrons. The summed E-state index contributed by atoms with van der Waals surface area (Å²) < 4.78 is 5.39.